The number of hydrogen-bond acceptors (Lipinski definition) is 5. The molecule has 9 heteroatoms. The normalized spacial score (nSPS) is 15.4. The molecule has 3 rings (SSSR count). The van der Waals surface area contributed by atoms with E-state index >= 15 is 0 Å². The second kappa shape index (κ2) is 10.3. The number of amides is 1. The van der Waals surface area contributed by atoms with E-state index in [2.05, 4.69) is 5.32 Å². The highest BCUT2D eigenvalue weighted by Crippen LogP contribution is 2.27. The number of sulfonamides is 1. The number of nitrogens with zero attached hydrogens (tertiary/aromatic N) is 1. The topological polar surface area (TPSA) is 92.8 Å². The first-order valence-electron chi connectivity index (χ1n) is 10.1. The molecule has 1 saturated heterocycles. The molecule has 7 nitrogen and oxygen atoms in total. The highest BCUT2D eigenvalue weighted by Gasteiger charge is 2.31. The first kappa shape index (κ1) is 23.2. The van der Waals surface area contributed by atoms with E-state index in [0.717, 1.165) is 5.56 Å². The van der Waals surface area contributed by atoms with Gasteiger partial charge in [-0.15, -0.1) is 0 Å². The molecule has 1 aliphatic rings. The molecule has 31 heavy (non-hydrogen) atoms. The van der Waals surface area contributed by atoms with Crippen molar-refractivity contribution < 1.29 is 22.7 Å². The predicted molar refractivity (Wildman–Crippen MR) is 119 cm³/mol. The minimum Gasteiger partial charge on any atom is -0.462 e. The van der Waals surface area contributed by atoms with Gasteiger partial charge in [0.1, 0.15) is 0 Å². The van der Waals surface area contributed by atoms with Gasteiger partial charge in [0.05, 0.1) is 28.6 Å². The number of rotatable bonds is 7. The van der Waals surface area contributed by atoms with E-state index in [0.29, 0.717) is 37.2 Å². The first-order valence-corrected chi connectivity index (χ1v) is 12.1. The molecule has 2 aromatic carbocycles. The third-order valence-corrected chi connectivity index (χ3v) is 7.31. The fourth-order valence-corrected chi connectivity index (χ4v) is 5.26. The van der Waals surface area contributed by atoms with Crippen molar-refractivity contribution in [2.24, 2.45) is 5.92 Å². The van der Waals surface area contributed by atoms with Gasteiger partial charge >= 0.3 is 5.97 Å². The Labute approximate surface area is 187 Å². The number of anilines is 1. The number of hydrogen-bond donors (Lipinski definition) is 1. The summed E-state index contributed by atoms with van der Waals surface area (Å²) in [5.74, 6) is -1.06. The third-order valence-electron chi connectivity index (χ3n) is 5.15. The summed E-state index contributed by atoms with van der Waals surface area (Å²) in [5, 5.41) is 3.02. The van der Waals surface area contributed by atoms with Gasteiger partial charge in [-0.25, -0.2) is 17.5 Å². The van der Waals surface area contributed by atoms with Crippen LogP contribution in [0.15, 0.2) is 48.5 Å². The van der Waals surface area contributed by atoms with Crippen LogP contribution in [0.2, 0.25) is 5.02 Å². The van der Waals surface area contributed by atoms with E-state index in [4.69, 9.17) is 16.3 Å². The second-order valence-electron chi connectivity index (χ2n) is 7.32. The fourth-order valence-electron chi connectivity index (χ4n) is 3.46. The van der Waals surface area contributed by atoms with Gasteiger partial charge in [-0.1, -0.05) is 41.9 Å². The van der Waals surface area contributed by atoms with Crippen molar-refractivity contribution >= 4 is 39.2 Å². The predicted octanol–water partition coefficient (Wildman–Crippen LogP) is 3.70. The van der Waals surface area contributed by atoms with Crippen LogP contribution in [0.1, 0.15) is 35.7 Å². The monoisotopic (exact) mass is 464 g/mol. The molecule has 0 saturated carbocycles. The minimum atomic E-state index is -3.43. The zero-order chi connectivity index (χ0) is 22.4. The van der Waals surface area contributed by atoms with Gasteiger partial charge in [-0.05, 0) is 43.5 Å². The van der Waals surface area contributed by atoms with Crippen LogP contribution in [0.4, 0.5) is 5.69 Å². The molecular formula is C22H25ClN2O5S. The summed E-state index contributed by atoms with van der Waals surface area (Å²) in [6.07, 6.45) is 0.858. The van der Waals surface area contributed by atoms with Crippen molar-refractivity contribution in [1.29, 1.82) is 0 Å². The first-order chi connectivity index (χ1) is 14.8. The number of ether oxygens (including phenoxy) is 1. The highest BCUT2D eigenvalue weighted by molar-refractivity contribution is 7.88. The van der Waals surface area contributed by atoms with Crippen LogP contribution >= 0.6 is 11.6 Å². The van der Waals surface area contributed by atoms with Gasteiger partial charge in [-0.3, -0.25) is 4.79 Å². The molecule has 0 radical (unpaired) electrons. The maximum absolute atomic E-state index is 12.7. The van der Waals surface area contributed by atoms with Gasteiger partial charge in [0.2, 0.25) is 15.9 Å². The summed E-state index contributed by atoms with van der Waals surface area (Å²) in [6.45, 7) is 2.56. The van der Waals surface area contributed by atoms with Gasteiger partial charge < -0.3 is 10.1 Å². The summed E-state index contributed by atoms with van der Waals surface area (Å²) in [5.41, 5.74) is 1.45. The molecule has 1 amide bonds. The zero-order valence-electron chi connectivity index (χ0n) is 17.2. The maximum atomic E-state index is 12.7. The van der Waals surface area contributed by atoms with Crippen LogP contribution in [0, 0.1) is 5.92 Å². The Morgan fingerprint density at radius 3 is 2.42 bits per heavy atom. The number of benzene rings is 2. The number of carbonyl (C=O) groups excluding carboxylic acids is 2. The lowest BCUT2D eigenvalue weighted by Crippen LogP contribution is -2.41. The van der Waals surface area contributed by atoms with Crippen LogP contribution < -0.4 is 5.32 Å². The molecule has 0 aliphatic carbocycles. The van der Waals surface area contributed by atoms with Crippen LogP contribution in [0.25, 0.3) is 0 Å². The van der Waals surface area contributed by atoms with Crippen molar-refractivity contribution in [1.82, 2.24) is 4.31 Å². The molecule has 1 aliphatic heterocycles. The Kier molecular flexibility index (Phi) is 7.69. The van der Waals surface area contributed by atoms with Crippen molar-refractivity contribution in [2.75, 3.05) is 25.0 Å². The number of piperidine rings is 1. The molecule has 1 N–H and O–H groups in total. The van der Waals surface area contributed by atoms with Gasteiger partial charge in [0, 0.05) is 19.0 Å². The van der Waals surface area contributed by atoms with E-state index in [9.17, 15) is 18.0 Å². The van der Waals surface area contributed by atoms with Crippen LogP contribution in [0.3, 0.4) is 0 Å². The van der Waals surface area contributed by atoms with E-state index in [-0.39, 0.29) is 29.2 Å². The minimum absolute atomic E-state index is 0.0485. The SMILES string of the molecule is CCOC(=O)c1ccc(NC(=O)C2CCN(S(=O)(=O)Cc3ccccc3)CC2)c(Cl)c1. The van der Waals surface area contributed by atoms with E-state index in [1.807, 2.05) is 18.2 Å². The second-order valence-corrected chi connectivity index (χ2v) is 9.70. The molecule has 2 aromatic rings. The Balaban J connectivity index is 1.56. The number of carbonyl (C=O) groups is 2. The fraction of sp³-hybridized carbons (Fsp3) is 0.364. The maximum Gasteiger partial charge on any atom is 0.338 e. The summed E-state index contributed by atoms with van der Waals surface area (Å²) >= 11 is 6.21. The lowest BCUT2D eigenvalue weighted by atomic mass is 9.97. The van der Waals surface area contributed by atoms with E-state index in [1.54, 1.807) is 25.1 Å². The van der Waals surface area contributed by atoms with E-state index in [1.165, 1.54) is 16.4 Å². The lowest BCUT2D eigenvalue weighted by molar-refractivity contribution is -0.120. The molecule has 1 fully saturated rings. The average Bonchev–Trinajstić information content (AvgIpc) is 2.75. The average molecular weight is 465 g/mol. The Bertz CT molecular complexity index is 1040. The van der Waals surface area contributed by atoms with Crippen molar-refractivity contribution in [3.63, 3.8) is 0 Å². The molecule has 0 atom stereocenters. The number of halogens is 1. The van der Waals surface area contributed by atoms with Gasteiger partial charge in [0.15, 0.2) is 0 Å². The Morgan fingerprint density at radius 2 is 1.81 bits per heavy atom. The smallest absolute Gasteiger partial charge is 0.338 e. The molecule has 166 valence electrons. The van der Waals surface area contributed by atoms with Crippen LogP contribution in [-0.4, -0.2) is 44.3 Å². The number of esters is 1. The largest absolute Gasteiger partial charge is 0.462 e. The molecule has 1 heterocycles. The Morgan fingerprint density at radius 1 is 1.13 bits per heavy atom. The highest BCUT2D eigenvalue weighted by atomic mass is 35.5. The van der Waals surface area contributed by atoms with Crippen LogP contribution in [-0.2, 0) is 25.3 Å². The molecule has 0 aromatic heterocycles. The Hall–Kier alpha value is -2.42. The van der Waals surface area contributed by atoms with Crippen molar-refractivity contribution in [2.45, 2.75) is 25.5 Å². The van der Waals surface area contributed by atoms with E-state index < -0.39 is 16.0 Å². The molecular weight excluding hydrogens is 440 g/mol. The third kappa shape index (κ3) is 6.06. The van der Waals surface area contributed by atoms with Crippen molar-refractivity contribution in [3.8, 4) is 0 Å². The van der Waals surface area contributed by atoms with Gasteiger partial charge in [0.25, 0.3) is 0 Å². The zero-order valence-corrected chi connectivity index (χ0v) is 18.8. The summed E-state index contributed by atoms with van der Waals surface area (Å²) < 4.78 is 31.7. The summed E-state index contributed by atoms with van der Waals surface area (Å²) in [4.78, 5) is 24.4. The summed E-state index contributed by atoms with van der Waals surface area (Å²) in [6, 6.07) is 13.6. The quantitative estimate of drug-likeness (QED) is 0.631. The molecule has 0 unspecified atom stereocenters. The molecule has 0 spiro atoms. The summed E-state index contributed by atoms with van der Waals surface area (Å²) in [7, 11) is -3.43. The number of nitrogens with one attached hydrogen (secondary N) is 1. The lowest BCUT2D eigenvalue weighted by Gasteiger charge is -2.30. The van der Waals surface area contributed by atoms with Crippen molar-refractivity contribution in [3.05, 3.63) is 64.7 Å². The standard InChI is InChI=1S/C22H25ClN2O5S/c1-2-30-22(27)18-8-9-20(19(23)14-18)24-21(26)17-10-12-25(13-11-17)31(28,29)15-16-6-4-3-5-7-16/h3-9,14,17H,2,10-13,15H2,1H3,(H,24,26). The van der Waals surface area contributed by atoms with Crippen LogP contribution in [0.5, 0.6) is 0 Å². The molecule has 0 bridgehead atoms. The van der Waals surface area contributed by atoms with Gasteiger partial charge in [-0.2, -0.15) is 0 Å².